The molecule has 86 heavy (non-hydrogen) atoms. The summed E-state index contributed by atoms with van der Waals surface area (Å²) in [5.41, 5.74) is 20.6. The first kappa shape index (κ1) is 55.8. The second-order valence-electron chi connectivity index (χ2n) is 26.2. The summed E-state index contributed by atoms with van der Waals surface area (Å²) >= 11 is 0. The van der Waals surface area contributed by atoms with Crippen molar-refractivity contribution in [2.45, 2.75) is 92.9 Å². The first-order valence-corrected chi connectivity index (χ1v) is 30.6. The number of benzene rings is 12. The van der Waals surface area contributed by atoms with Crippen LogP contribution in [-0.4, -0.2) is 9.97 Å². The number of hydrogen-bond acceptors (Lipinski definition) is 4. The predicted octanol–water partition coefficient (Wildman–Crippen LogP) is 23.3. The van der Waals surface area contributed by atoms with Crippen LogP contribution in [0.5, 0.6) is 0 Å². The van der Waals surface area contributed by atoms with Crippen LogP contribution in [0.4, 0.5) is 0 Å². The highest BCUT2D eigenvalue weighted by Crippen LogP contribution is 2.47. The van der Waals surface area contributed by atoms with Gasteiger partial charge in [-0.15, -0.1) is 0 Å². The fourth-order valence-electron chi connectivity index (χ4n) is 13.0. The van der Waals surface area contributed by atoms with Crippen molar-refractivity contribution < 1.29 is 8.83 Å². The van der Waals surface area contributed by atoms with Crippen LogP contribution in [0.3, 0.4) is 0 Å². The fourth-order valence-corrected chi connectivity index (χ4v) is 13.0. The van der Waals surface area contributed by atoms with E-state index in [1.807, 2.05) is 0 Å². The molecule has 0 saturated heterocycles. The van der Waals surface area contributed by atoms with Crippen molar-refractivity contribution in [2.75, 3.05) is 0 Å². The lowest BCUT2D eigenvalue weighted by molar-refractivity contribution is 0.558. The third kappa shape index (κ3) is 10.6. The van der Waals surface area contributed by atoms with E-state index in [-0.39, 0.29) is 10.8 Å². The maximum absolute atomic E-state index is 6.59. The molecule has 2 heterocycles. The minimum Gasteiger partial charge on any atom is -0.436 e. The van der Waals surface area contributed by atoms with Gasteiger partial charge in [-0.1, -0.05) is 263 Å². The van der Waals surface area contributed by atoms with E-state index in [2.05, 4.69) is 300 Å². The minimum atomic E-state index is -0.0522. The van der Waals surface area contributed by atoms with Gasteiger partial charge in [0.25, 0.3) is 0 Å². The van der Waals surface area contributed by atoms with E-state index >= 15 is 0 Å². The summed E-state index contributed by atoms with van der Waals surface area (Å²) in [4.78, 5) is 10.1. The zero-order valence-electron chi connectivity index (χ0n) is 51.2. The van der Waals surface area contributed by atoms with Gasteiger partial charge >= 0.3 is 0 Å². The summed E-state index contributed by atoms with van der Waals surface area (Å²) in [6.45, 7) is 22.5. The molecule has 4 nitrogen and oxygen atoms in total. The summed E-state index contributed by atoms with van der Waals surface area (Å²) in [6.07, 6.45) is 2.10. The van der Waals surface area contributed by atoms with Crippen molar-refractivity contribution in [3.05, 3.63) is 253 Å². The molecule has 0 N–H and O–H groups in total. The van der Waals surface area contributed by atoms with Crippen LogP contribution in [0.25, 0.3) is 133 Å². The Kier molecular flexibility index (Phi) is 14.6. The van der Waals surface area contributed by atoms with Gasteiger partial charge in [-0.2, -0.15) is 0 Å². The average Bonchev–Trinajstić information content (AvgIpc) is 1.01. The van der Waals surface area contributed by atoms with Gasteiger partial charge in [-0.25, -0.2) is 9.97 Å². The van der Waals surface area contributed by atoms with Crippen LogP contribution in [0.1, 0.15) is 91.5 Å². The van der Waals surface area contributed by atoms with Crippen molar-refractivity contribution in [1.82, 2.24) is 9.97 Å². The van der Waals surface area contributed by atoms with Crippen molar-refractivity contribution in [1.29, 1.82) is 0 Å². The first-order chi connectivity index (χ1) is 41.6. The van der Waals surface area contributed by atoms with E-state index in [9.17, 15) is 0 Å². The molecular formula is C82H74N2O2. The number of nitrogens with zero attached hydrogens (tertiary/aromatic N) is 2. The Bertz CT molecular complexity index is 4590. The fraction of sp³-hybridized carbons (Fsp3) is 0.195. The SMILES string of the molecule is CC(C)(C)c1ccc(C(C)(C)C)c2oc(-c3ccc(-c4c5ccccc5c(-c5ccccc5)c5ccccc45)cc3)nc12.CC(C)Cc1cc2nc(-c3ccc(-c4c5ccccc5c(-c5ccccc5)c5ccccc45)cc3)oc2cc1CC(C)C. The zero-order valence-corrected chi connectivity index (χ0v) is 51.2. The van der Waals surface area contributed by atoms with Gasteiger partial charge in [0, 0.05) is 16.7 Å². The highest BCUT2D eigenvalue weighted by atomic mass is 16.4. The molecule has 0 atom stereocenters. The molecule has 0 unspecified atom stereocenters. The average molecular weight is 1120 g/mol. The van der Waals surface area contributed by atoms with Crippen molar-refractivity contribution in [3.8, 4) is 67.4 Å². The molecule has 424 valence electrons. The van der Waals surface area contributed by atoms with Gasteiger partial charge < -0.3 is 8.83 Å². The van der Waals surface area contributed by atoms with Crippen LogP contribution < -0.4 is 0 Å². The van der Waals surface area contributed by atoms with E-state index in [1.165, 1.54) is 110 Å². The smallest absolute Gasteiger partial charge is 0.227 e. The van der Waals surface area contributed by atoms with Crippen molar-refractivity contribution >= 4 is 65.3 Å². The molecular weight excluding hydrogens is 1040 g/mol. The molecule has 0 radical (unpaired) electrons. The van der Waals surface area contributed by atoms with E-state index in [0.29, 0.717) is 23.6 Å². The molecule has 0 fully saturated rings. The molecule has 12 aromatic carbocycles. The van der Waals surface area contributed by atoms with E-state index in [0.717, 1.165) is 46.2 Å². The van der Waals surface area contributed by atoms with E-state index < -0.39 is 0 Å². The Morgan fingerprint density at radius 1 is 0.326 bits per heavy atom. The summed E-state index contributed by atoms with van der Waals surface area (Å²) in [5, 5.41) is 10.1. The largest absolute Gasteiger partial charge is 0.436 e. The molecule has 0 aliphatic rings. The number of rotatable bonds is 10. The lowest BCUT2D eigenvalue weighted by Crippen LogP contribution is -2.15. The predicted molar refractivity (Wildman–Crippen MR) is 365 cm³/mol. The molecule has 0 aliphatic carbocycles. The monoisotopic (exact) mass is 1120 g/mol. The Labute approximate surface area is 506 Å². The van der Waals surface area contributed by atoms with Gasteiger partial charge in [0.2, 0.25) is 11.8 Å². The molecule has 0 aliphatic heterocycles. The third-order valence-corrected chi connectivity index (χ3v) is 17.0. The number of fused-ring (bicyclic) bond motifs is 6. The van der Waals surface area contributed by atoms with Crippen LogP contribution in [0, 0.1) is 11.8 Å². The van der Waals surface area contributed by atoms with Gasteiger partial charge in [0.05, 0.1) is 0 Å². The summed E-state index contributed by atoms with van der Waals surface area (Å²) in [6, 6.07) is 83.0. The van der Waals surface area contributed by atoms with Crippen LogP contribution in [-0.2, 0) is 23.7 Å². The minimum absolute atomic E-state index is 0.0410. The third-order valence-electron chi connectivity index (χ3n) is 17.0. The Morgan fingerprint density at radius 3 is 1.00 bits per heavy atom. The summed E-state index contributed by atoms with van der Waals surface area (Å²) < 4.78 is 13.0. The van der Waals surface area contributed by atoms with Gasteiger partial charge in [-0.05, 0) is 176 Å². The maximum Gasteiger partial charge on any atom is 0.227 e. The van der Waals surface area contributed by atoms with Crippen LogP contribution in [0.2, 0.25) is 0 Å². The Hall–Kier alpha value is -9.38. The number of hydrogen-bond donors (Lipinski definition) is 0. The summed E-state index contributed by atoms with van der Waals surface area (Å²) in [7, 11) is 0. The number of aromatic nitrogens is 2. The Morgan fingerprint density at radius 2 is 0.640 bits per heavy atom. The molecule has 0 bridgehead atoms. The highest BCUT2D eigenvalue weighted by Gasteiger charge is 2.28. The Balaban J connectivity index is 0.000000160. The molecule has 2 aromatic heterocycles. The standard InChI is InChI=1S/2C41H37NO/c1-40(2,3)33-24-25-34(41(4,5)6)38-37(33)42-39(43-38)28-22-20-27(21-23-28)36-31-18-12-10-16-29(31)35(26-14-8-7-9-15-26)30-17-11-13-19-32(30)36;1-26(2)22-31-24-37-38(25-32(31)23-27(3)4)43-41(42-37)30-20-18-29(19-21-30)40-35-16-10-8-14-33(35)39(28-12-6-5-7-13-28)34-15-9-11-17-36(34)40/h7-25H,1-6H3;5-21,24-27H,22-23H2,1-4H3. The first-order valence-electron chi connectivity index (χ1n) is 30.6. The number of oxazole rings is 2. The van der Waals surface area contributed by atoms with Crippen molar-refractivity contribution in [2.24, 2.45) is 11.8 Å². The van der Waals surface area contributed by atoms with Gasteiger partial charge in [0.1, 0.15) is 11.0 Å². The summed E-state index contributed by atoms with van der Waals surface area (Å²) in [5.74, 6) is 2.52. The normalized spacial score (nSPS) is 12.1. The molecule has 14 rings (SSSR count). The van der Waals surface area contributed by atoms with Crippen LogP contribution >= 0.6 is 0 Å². The maximum atomic E-state index is 6.59. The highest BCUT2D eigenvalue weighted by molar-refractivity contribution is 6.22. The molecule has 14 aromatic rings. The molecule has 0 saturated carbocycles. The molecule has 0 spiro atoms. The molecule has 0 amide bonds. The van der Waals surface area contributed by atoms with Crippen LogP contribution in [0.15, 0.2) is 239 Å². The van der Waals surface area contributed by atoms with Gasteiger partial charge in [0.15, 0.2) is 11.2 Å². The van der Waals surface area contributed by atoms with Gasteiger partial charge in [-0.3, -0.25) is 0 Å². The lowest BCUT2D eigenvalue weighted by Gasteiger charge is -2.23. The van der Waals surface area contributed by atoms with Crippen molar-refractivity contribution in [3.63, 3.8) is 0 Å². The lowest BCUT2D eigenvalue weighted by atomic mass is 9.81. The topological polar surface area (TPSA) is 52.1 Å². The molecule has 4 heteroatoms. The second kappa shape index (κ2) is 22.6. The van der Waals surface area contributed by atoms with E-state index in [4.69, 9.17) is 18.8 Å². The second-order valence-corrected chi connectivity index (χ2v) is 26.2. The zero-order chi connectivity index (χ0) is 59.4. The quantitative estimate of drug-likeness (QED) is 0.128. The van der Waals surface area contributed by atoms with E-state index in [1.54, 1.807) is 0 Å².